The summed E-state index contributed by atoms with van der Waals surface area (Å²) in [6.07, 6.45) is 2.55. The Kier molecular flexibility index (Phi) is 4.83. The van der Waals surface area contributed by atoms with Crippen molar-refractivity contribution < 1.29 is 14.3 Å². The average Bonchev–Trinajstić information content (AvgIpc) is 3.23. The van der Waals surface area contributed by atoms with E-state index in [1.165, 1.54) is 23.5 Å². The Morgan fingerprint density at radius 3 is 2.57 bits per heavy atom. The molecule has 2 aromatic carbocycles. The fraction of sp³-hybridized carbons (Fsp3) is 0.143. The monoisotopic (exact) mass is 395 g/mol. The molecule has 2 N–H and O–H groups in total. The van der Waals surface area contributed by atoms with Crippen LogP contribution in [0.25, 0.3) is 16.2 Å². The molecule has 0 aliphatic carbocycles. The highest BCUT2D eigenvalue weighted by molar-refractivity contribution is 7.19. The SMILES string of the molecule is Cc1c(C(=O)NCCc2ccc(O)cc2)sc2nc(-c3ccc(F)cc3)cn12. The topological polar surface area (TPSA) is 66.6 Å². The quantitative estimate of drug-likeness (QED) is 0.533. The van der Waals surface area contributed by atoms with E-state index in [9.17, 15) is 14.3 Å². The first kappa shape index (κ1) is 18.2. The van der Waals surface area contributed by atoms with E-state index < -0.39 is 0 Å². The number of imidazole rings is 1. The molecule has 4 rings (SSSR count). The summed E-state index contributed by atoms with van der Waals surface area (Å²) in [5.41, 5.74) is 3.44. The second-order valence-corrected chi connectivity index (χ2v) is 7.45. The summed E-state index contributed by atoms with van der Waals surface area (Å²) in [5, 5.41) is 12.2. The summed E-state index contributed by atoms with van der Waals surface area (Å²) in [4.78, 5) is 18.5. The molecule has 7 heteroatoms. The number of aromatic hydroxyl groups is 1. The van der Waals surface area contributed by atoms with Gasteiger partial charge in [0.25, 0.3) is 5.91 Å². The smallest absolute Gasteiger partial charge is 0.263 e. The number of phenolic OH excluding ortho intramolecular Hbond substituents is 1. The van der Waals surface area contributed by atoms with Crippen LogP contribution < -0.4 is 5.32 Å². The highest BCUT2D eigenvalue weighted by Crippen LogP contribution is 2.27. The third-order valence-electron chi connectivity index (χ3n) is 4.54. The van der Waals surface area contributed by atoms with Crippen molar-refractivity contribution in [1.82, 2.24) is 14.7 Å². The Hall–Kier alpha value is -3.19. The number of phenols is 1. The minimum atomic E-state index is -0.285. The van der Waals surface area contributed by atoms with Crippen molar-refractivity contribution in [1.29, 1.82) is 0 Å². The molecular formula is C21H18FN3O2S. The van der Waals surface area contributed by atoms with Gasteiger partial charge in [-0.25, -0.2) is 9.37 Å². The molecule has 0 saturated carbocycles. The molecule has 1 amide bonds. The normalized spacial score (nSPS) is 11.1. The van der Waals surface area contributed by atoms with Crippen LogP contribution in [-0.4, -0.2) is 26.9 Å². The van der Waals surface area contributed by atoms with Crippen molar-refractivity contribution in [3.63, 3.8) is 0 Å². The summed E-state index contributed by atoms with van der Waals surface area (Å²) in [6.45, 7) is 2.39. The zero-order chi connectivity index (χ0) is 19.7. The summed E-state index contributed by atoms with van der Waals surface area (Å²) >= 11 is 1.33. The number of carbonyl (C=O) groups is 1. The molecule has 0 aliphatic heterocycles. The third-order valence-corrected chi connectivity index (χ3v) is 5.69. The van der Waals surface area contributed by atoms with E-state index in [0.29, 0.717) is 17.8 Å². The Labute approximate surface area is 165 Å². The first-order valence-corrected chi connectivity index (χ1v) is 9.63. The first-order chi connectivity index (χ1) is 13.5. The van der Waals surface area contributed by atoms with Crippen molar-refractivity contribution in [2.24, 2.45) is 0 Å². The van der Waals surface area contributed by atoms with E-state index >= 15 is 0 Å². The second kappa shape index (κ2) is 7.44. The molecule has 0 unspecified atom stereocenters. The summed E-state index contributed by atoms with van der Waals surface area (Å²) in [7, 11) is 0. The Morgan fingerprint density at radius 2 is 1.89 bits per heavy atom. The number of carbonyl (C=O) groups excluding carboxylic acids is 1. The van der Waals surface area contributed by atoms with Crippen molar-refractivity contribution in [2.45, 2.75) is 13.3 Å². The summed E-state index contributed by atoms with van der Waals surface area (Å²) in [5.74, 6) is -0.187. The Bertz CT molecular complexity index is 1130. The number of aromatic nitrogens is 2. The van der Waals surface area contributed by atoms with Crippen molar-refractivity contribution >= 4 is 22.2 Å². The maximum absolute atomic E-state index is 13.1. The highest BCUT2D eigenvalue weighted by Gasteiger charge is 2.17. The number of hydrogen-bond donors (Lipinski definition) is 2. The fourth-order valence-corrected chi connectivity index (χ4v) is 4.01. The lowest BCUT2D eigenvalue weighted by Gasteiger charge is -2.05. The van der Waals surface area contributed by atoms with Crippen LogP contribution >= 0.6 is 11.3 Å². The molecule has 0 bridgehead atoms. The molecule has 0 saturated heterocycles. The molecule has 4 aromatic rings. The van der Waals surface area contributed by atoms with Gasteiger partial charge in [0, 0.05) is 24.0 Å². The minimum absolute atomic E-state index is 0.130. The number of thiazole rings is 1. The van der Waals surface area contributed by atoms with Gasteiger partial charge in [0.1, 0.15) is 16.4 Å². The number of benzene rings is 2. The average molecular weight is 395 g/mol. The zero-order valence-corrected chi connectivity index (χ0v) is 16.0. The van der Waals surface area contributed by atoms with Crippen LogP contribution in [0.2, 0.25) is 0 Å². The number of amides is 1. The zero-order valence-electron chi connectivity index (χ0n) is 15.1. The largest absolute Gasteiger partial charge is 0.508 e. The van der Waals surface area contributed by atoms with Crippen LogP contribution in [-0.2, 0) is 6.42 Å². The van der Waals surface area contributed by atoms with Crippen LogP contribution in [0.3, 0.4) is 0 Å². The molecule has 5 nitrogen and oxygen atoms in total. The van der Waals surface area contributed by atoms with E-state index in [2.05, 4.69) is 10.3 Å². The van der Waals surface area contributed by atoms with E-state index in [1.807, 2.05) is 29.7 Å². The molecule has 2 aromatic heterocycles. The predicted molar refractivity (Wildman–Crippen MR) is 107 cm³/mol. The number of fused-ring (bicyclic) bond motifs is 1. The van der Waals surface area contributed by atoms with E-state index in [1.54, 1.807) is 24.3 Å². The van der Waals surface area contributed by atoms with Gasteiger partial charge in [0.05, 0.1) is 5.69 Å². The van der Waals surface area contributed by atoms with Crippen molar-refractivity contribution in [3.05, 3.63) is 76.7 Å². The number of halogens is 1. The summed E-state index contributed by atoms with van der Waals surface area (Å²) < 4.78 is 15.0. The Morgan fingerprint density at radius 1 is 1.18 bits per heavy atom. The Balaban J connectivity index is 1.47. The van der Waals surface area contributed by atoms with E-state index in [4.69, 9.17) is 0 Å². The number of aryl methyl sites for hydroxylation is 1. The standard InChI is InChI=1S/C21H18FN3O2S/c1-13-19(20(27)23-11-10-14-2-8-17(26)9-3-14)28-21-24-18(12-25(13)21)15-4-6-16(22)7-5-15/h2-9,12,26H,10-11H2,1H3,(H,23,27). The van der Waals surface area contributed by atoms with Gasteiger partial charge in [-0.1, -0.05) is 23.5 Å². The van der Waals surface area contributed by atoms with Crippen molar-refractivity contribution in [3.8, 4) is 17.0 Å². The third kappa shape index (κ3) is 3.61. The molecule has 0 spiro atoms. The molecule has 2 heterocycles. The van der Waals surface area contributed by atoms with Gasteiger partial charge in [-0.15, -0.1) is 0 Å². The maximum Gasteiger partial charge on any atom is 0.263 e. The second-order valence-electron chi connectivity index (χ2n) is 6.47. The van der Waals surface area contributed by atoms with E-state index in [0.717, 1.165) is 27.5 Å². The molecule has 0 radical (unpaired) electrons. The van der Waals surface area contributed by atoms with Gasteiger partial charge in [-0.3, -0.25) is 9.20 Å². The predicted octanol–water partition coefficient (Wildman–Crippen LogP) is 4.19. The number of nitrogens with zero attached hydrogens (tertiary/aromatic N) is 2. The van der Waals surface area contributed by atoms with Gasteiger partial charge < -0.3 is 10.4 Å². The van der Waals surface area contributed by atoms with Gasteiger partial charge in [-0.2, -0.15) is 0 Å². The van der Waals surface area contributed by atoms with Gasteiger partial charge >= 0.3 is 0 Å². The molecule has 0 aliphatic rings. The molecule has 142 valence electrons. The van der Waals surface area contributed by atoms with Crippen molar-refractivity contribution in [2.75, 3.05) is 6.54 Å². The molecule has 0 fully saturated rings. The van der Waals surface area contributed by atoms with Crippen LogP contribution in [0.1, 0.15) is 20.9 Å². The van der Waals surface area contributed by atoms with E-state index in [-0.39, 0.29) is 17.5 Å². The van der Waals surface area contributed by atoms with Crippen LogP contribution in [0.15, 0.2) is 54.7 Å². The first-order valence-electron chi connectivity index (χ1n) is 8.82. The highest BCUT2D eigenvalue weighted by atomic mass is 32.1. The molecule has 28 heavy (non-hydrogen) atoms. The van der Waals surface area contributed by atoms with Gasteiger partial charge in [0.15, 0.2) is 4.96 Å². The number of rotatable bonds is 5. The minimum Gasteiger partial charge on any atom is -0.508 e. The number of hydrogen-bond acceptors (Lipinski definition) is 4. The van der Waals surface area contributed by atoms with Crippen LogP contribution in [0, 0.1) is 12.7 Å². The number of nitrogens with one attached hydrogen (secondary N) is 1. The van der Waals surface area contributed by atoms with Gasteiger partial charge in [-0.05, 0) is 55.3 Å². The van der Waals surface area contributed by atoms with Crippen LogP contribution in [0.5, 0.6) is 5.75 Å². The molecular weight excluding hydrogens is 377 g/mol. The maximum atomic E-state index is 13.1. The van der Waals surface area contributed by atoms with Gasteiger partial charge in [0.2, 0.25) is 0 Å². The lowest BCUT2D eigenvalue weighted by molar-refractivity contribution is 0.0957. The fourth-order valence-electron chi connectivity index (χ4n) is 2.98. The summed E-state index contributed by atoms with van der Waals surface area (Å²) in [6, 6.07) is 13.1. The lowest BCUT2D eigenvalue weighted by atomic mass is 10.1. The lowest BCUT2D eigenvalue weighted by Crippen LogP contribution is -2.25. The molecule has 0 atom stereocenters. The van der Waals surface area contributed by atoms with Crippen LogP contribution in [0.4, 0.5) is 4.39 Å².